The first-order valence-corrected chi connectivity index (χ1v) is 12.0. The van der Waals surface area contributed by atoms with Crippen LogP contribution < -0.4 is 15.0 Å². The van der Waals surface area contributed by atoms with Gasteiger partial charge in [-0.1, -0.05) is 24.3 Å². The van der Waals surface area contributed by atoms with Gasteiger partial charge in [-0.15, -0.1) is 0 Å². The molecule has 5 rings (SSSR count). The lowest BCUT2D eigenvalue weighted by Gasteiger charge is -2.42. The van der Waals surface area contributed by atoms with Gasteiger partial charge in [0.2, 0.25) is 11.8 Å². The number of ether oxygens (including phenoxy) is 2. The minimum atomic E-state index is -0.311. The number of carbonyl (C=O) groups is 2. The Kier molecular flexibility index (Phi) is 6.16. The summed E-state index contributed by atoms with van der Waals surface area (Å²) in [6.45, 7) is 0.287. The highest BCUT2D eigenvalue weighted by Gasteiger charge is 2.39. The third-order valence-electron chi connectivity index (χ3n) is 7.15. The monoisotopic (exact) mass is 464 g/mol. The number of aromatic nitrogens is 1. The van der Waals surface area contributed by atoms with Crippen LogP contribution in [-0.4, -0.2) is 73.7 Å². The van der Waals surface area contributed by atoms with Gasteiger partial charge in [0.05, 0.1) is 18.6 Å². The van der Waals surface area contributed by atoms with Crippen LogP contribution >= 0.6 is 0 Å². The molecule has 3 atom stereocenters. The van der Waals surface area contributed by atoms with Crippen molar-refractivity contribution >= 4 is 17.6 Å². The van der Waals surface area contributed by atoms with E-state index < -0.39 is 0 Å². The molecule has 0 saturated carbocycles. The first kappa shape index (κ1) is 22.7. The lowest BCUT2D eigenvalue weighted by Crippen LogP contribution is -2.54. The summed E-state index contributed by atoms with van der Waals surface area (Å²) in [4.78, 5) is 34.1. The van der Waals surface area contributed by atoms with Crippen molar-refractivity contribution in [1.82, 2.24) is 15.2 Å². The largest absolute Gasteiger partial charge is 0.474 e. The molecular weight excluding hydrogens is 432 g/mol. The number of amides is 2. The van der Waals surface area contributed by atoms with Crippen LogP contribution in [0.4, 0.5) is 5.82 Å². The van der Waals surface area contributed by atoms with Gasteiger partial charge in [0.1, 0.15) is 24.1 Å². The minimum absolute atomic E-state index is 0.0140. The Balaban J connectivity index is 1.22. The third kappa shape index (κ3) is 4.46. The van der Waals surface area contributed by atoms with Crippen LogP contribution in [0, 0.1) is 0 Å². The minimum Gasteiger partial charge on any atom is -0.474 e. The van der Waals surface area contributed by atoms with Gasteiger partial charge in [-0.3, -0.25) is 9.59 Å². The first-order chi connectivity index (χ1) is 16.4. The Labute approximate surface area is 200 Å². The van der Waals surface area contributed by atoms with Crippen molar-refractivity contribution in [3.63, 3.8) is 0 Å². The standard InChI is InChI=1S/C26H32N4O4/c1-29(2)23-11-9-20-25(28-23)33-15-22-21(30(3)26(20)32)10-8-19(34-22)14-24(31)27-18-12-16-6-4-5-7-17(16)13-18/h4-7,9,11,18-19,21-22H,8,10,12-15H2,1-3H3,(H,27,31)/t19-,21-,22-/m0/s1. The van der Waals surface area contributed by atoms with Crippen molar-refractivity contribution in [1.29, 1.82) is 0 Å². The number of nitrogens with zero attached hydrogens (tertiary/aromatic N) is 3. The van der Waals surface area contributed by atoms with Crippen LogP contribution in [0.3, 0.4) is 0 Å². The van der Waals surface area contributed by atoms with E-state index in [1.165, 1.54) is 11.1 Å². The number of hydrogen-bond acceptors (Lipinski definition) is 6. The Morgan fingerprint density at radius 2 is 1.88 bits per heavy atom. The summed E-state index contributed by atoms with van der Waals surface area (Å²) < 4.78 is 12.3. The maximum atomic E-state index is 13.1. The van der Waals surface area contributed by atoms with E-state index in [1.54, 1.807) is 11.0 Å². The van der Waals surface area contributed by atoms with Crippen molar-refractivity contribution in [2.24, 2.45) is 0 Å². The molecule has 1 aromatic carbocycles. The van der Waals surface area contributed by atoms with Gasteiger partial charge in [0, 0.05) is 27.2 Å². The van der Waals surface area contributed by atoms with E-state index in [0.29, 0.717) is 17.9 Å². The normalized spacial score (nSPS) is 24.3. The van der Waals surface area contributed by atoms with E-state index in [9.17, 15) is 9.59 Å². The molecule has 1 N–H and O–H groups in total. The zero-order valence-corrected chi connectivity index (χ0v) is 20.0. The van der Waals surface area contributed by atoms with E-state index in [-0.39, 0.29) is 42.7 Å². The number of pyridine rings is 1. The fourth-order valence-electron chi connectivity index (χ4n) is 5.30. The number of benzene rings is 1. The molecule has 2 aromatic rings. The highest BCUT2D eigenvalue weighted by Crippen LogP contribution is 2.31. The maximum absolute atomic E-state index is 13.1. The predicted molar refractivity (Wildman–Crippen MR) is 128 cm³/mol. The van der Waals surface area contributed by atoms with E-state index in [1.807, 2.05) is 44.2 Å². The topological polar surface area (TPSA) is 84.0 Å². The zero-order chi connectivity index (χ0) is 23.8. The number of nitrogens with one attached hydrogen (secondary N) is 1. The van der Waals surface area contributed by atoms with Crippen LogP contribution in [-0.2, 0) is 22.4 Å². The fourth-order valence-corrected chi connectivity index (χ4v) is 5.30. The molecule has 8 nitrogen and oxygen atoms in total. The van der Waals surface area contributed by atoms with Crippen molar-refractivity contribution in [3.05, 3.63) is 53.1 Å². The molecule has 2 amide bonds. The molecule has 1 fully saturated rings. The molecule has 3 heterocycles. The number of likely N-dealkylation sites (N-methyl/N-ethyl adjacent to an activating group) is 1. The van der Waals surface area contributed by atoms with Gasteiger partial charge in [0.15, 0.2) is 0 Å². The Morgan fingerprint density at radius 3 is 2.59 bits per heavy atom. The molecule has 180 valence electrons. The molecule has 1 aromatic heterocycles. The van der Waals surface area contributed by atoms with Crippen LogP contribution in [0.1, 0.15) is 40.7 Å². The van der Waals surface area contributed by atoms with E-state index in [0.717, 1.165) is 31.5 Å². The smallest absolute Gasteiger partial charge is 0.259 e. The van der Waals surface area contributed by atoms with Gasteiger partial charge >= 0.3 is 0 Å². The molecule has 2 aliphatic heterocycles. The molecule has 0 bridgehead atoms. The van der Waals surface area contributed by atoms with Gasteiger partial charge < -0.3 is 24.6 Å². The predicted octanol–water partition coefficient (Wildman–Crippen LogP) is 2.20. The highest BCUT2D eigenvalue weighted by atomic mass is 16.5. The molecule has 8 heteroatoms. The summed E-state index contributed by atoms with van der Waals surface area (Å²) in [6.07, 6.45) is 3.04. The average Bonchev–Trinajstić information content (AvgIpc) is 3.23. The van der Waals surface area contributed by atoms with Gasteiger partial charge in [-0.25, -0.2) is 0 Å². The van der Waals surface area contributed by atoms with Crippen molar-refractivity contribution in [3.8, 4) is 5.88 Å². The van der Waals surface area contributed by atoms with Crippen molar-refractivity contribution < 1.29 is 19.1 Å². The molecule has 0 unspecified atom stereocenters. The SMILES string of the molecule is CN(C)c1ccc2c(n1)OC[C@@H]1O[C@H](CC(=O)NC3Cc4ccccc4C3)CC[C@@H]1N(C)C2=O. The average molecular weight is 465 g/mol. The number of anilines is 1. The van der Waals surface area contributed by atoms with Gasteiger partial charge in [0.25, 0.3) is 5.91 Å². The Hall–Kier alpha value is -3.13. The number of fused-ring (bicyclic) bond motifs is 3. The third-order valence-corrected chi connectivity index (χ3v) is 7.15. The second-order valence-corrected chi connectivity index (χ2v) is 9.73. The highest BCUT2D eigenvalue weighted by molar-refractivity contribution is 5.97. The van der Waals surface area contributed by atoms with Crippen molar-refractivity contribution in [2.45, 2.75) is 56.4 Å². The molecular formula is C26H32N4O4. The van der Waals surface area contributed by atoms with Gasteiger partial charge in [-0.05, 0) is 48.9 Å². The van der Waals surface area contributed by atoms with Crippen LogP contribution in [0.5, 0.6) is 5.88 Å². The summed E-state index contributed by atoms with van der Waals surface area (Å²) in [7, 11) is 5.60. The lowest BCUT2D eigenvalue weighted by atomic mass is 9.95. The second kappa shape index (κ2) is 9.25. The molecule has 0 radical (unpaired) electrons. The number of hydrogen-bond donors (Lipinski definition) is 1. The molecule has 0 spiro atoms. The van der Waals surface area contributed by atoms with Crippen molar-refractivity contribution in [2.75, 3.05) is 32.6 Å². The summed E-state index contributed by atoms with van der Waals surface area (Å²) in [6, 6.07) is 12.0. The first-order valence-electron chi connectivity index (χ1n) is 12.0. The Bertz CT molecular complexity index is 1060. The lowest BCUT2D eigenvalue weighted by molar-refractivity contribution is -0.134. The van der Waals surface area contributed by atoms with Crippen LogP contribution in [0.2, 0.25) is 0 Å². The zero-order valence-electron chi connectivity index (χ0n) is 20.0. The van der Waals surface area contributed by atoms with E-state index in [4.69, 9.17) is 9.47 Å². The quantitative estimate of drug-likeness (QED) is 0.747. The molecule has 34 heavy (non-hydrogen) atoms. The maximum Gasteiger partial charge on any atom is 0.259 e. The molecule has 3 aliphatic rings. The Morgan fingerprint density at radius 1 is 1.15 bits per heavy atom. The fraction of sp³-hybridized carbons (Fsp3) is 0.500. The summed E-state index contributed by atoms with van der Waals surface area (Å²) in [5.74, 6) is 0.938. The van der Waals surface area contributed by atoms with E-state index >= 15 is 0 Å². The molecule has 1 aliphatic carbocycles. The van der Waals surface area contributed by atoms with Crippen LogP contribution in [0.25, 0.3) is 0 Å². The van der Waals surface area contributed by atoms with Crippen LogP contribution in [0.15, 0.2) is 36.4 Å². The summed E-state index contributed by atoms with van der Waals surface area (Å²) in [5.41, 5.74) is 3.09. The molecule has 1 saturated heterocycles. The summed E-state index contributed by atoms with van der Waals surface area (Å²) in [5, 5.41) is 3.18. The van der Waals surface area contributed by atoms with E-state index in [2.05, 4.69) is 22.4 Å². The van der Waals surface area contributed by atoms with Gasteiger partial charge in [-0.2, -0.15) is 4.98 Å². The number of rotatable bonds is 4. The summed E-state index contributed by atoms with van der Waals surface area (Å²) >= 11 is 0. The number of carbonyl (C=O) groups excluding carboxylic acids is 2. The second-order valence-electron chi connectivity index (χ2n) is 9.73.